The number of alkyl halides is 4. The van der Waals surface area contributed by atoms with Gasteiger partial charge < -0.3 is 0 Å². The molecule has 1 aliphatic heterocycles. The molecule has 0 aromatic heterocycles. The Labute approximate surface area is 83.7 Å². The summed E-state index contributed by atoms with van der Waals surface area (Å²) in [5, 5.41) is 8.54. The average molecular weight is 223 g/mol. The fourth-order valence-electron chi connectivity index (χ4n) is 1.16. The molecule has 0 saturated carbocycles. The summed E-state index contributed by atoms with van der Waals surface area (Å²) in [5.74, 6) is -1.42. The standard InChI is InChI=1S/C8H6ClF3N2/c1-4-2-6(8(10,11)12)5(3-13)7(9)14-4/h2,5,7H,1H3. The minimum absolute atomic E-state index is 0.184. The van der Waals surface area contributed by atoms with E-state index in [9.17, 15) is 13.2 Å². The topological polar surface area (TPSA) is 36.1 Å². The van der Waals surface area contributed by atoms with Crippen molar-refractivity contribution in [2.75, 3.05) is 0 Å². The Morgan fingerprint density at radius 2 is 2.14 bits per heavy atom. The van der Waals surface area contributed by atoms with Crippen LogP contribution in [0.3, 0.4) is 0 Å². The smallest absolute Gasteiger partial charge is 0.269 e. The Morgan fingerprint density at radius 3 is 2.57 bits per heavy atom. The van der Waals surface area contributed by atoms with Gasteiger partial charge in [0.1, 0.15) is 11.4 Å². The predicted octanol–water partition coefficient (Wildman–Crippen LogP) is 2.65. The first-order chi connectivity index (χ1) is 6.36. The molecule has 0 saturated heterocycles. The van der Waals surface area contributed by atoms with E-state index in [2.05, 4.69) is 4.99 Å². The fourth-order valence-corrected chi connectivity index (χ4v) is 1.50. The number of hydrogen-bond acceptors (Lipinski definition) is 2. The number of nitriles is 1. The molecule has 1 heterocycles. The third-order valence-corrected chi connectivity index (χ3v) is 2.12. The van der Waals surface area contributed by atoms with Crippen LogP contribution in [-0.4, -0.2) is 17.4 Å². The van der Waals surface area contributed by atoms with E-state index in [1.54, 1.807) is 0 Å². The Kier molecular flexibility index (Phi) is 2.86. The summed E-state index contributed by atoms with van der Waals surface area (Å²) in [6, 6.07) is 1.50. The number of aliphatic imine (C=N–C) groups is 1. The molecule has 0 N–H and O–H groups in total. The van der Waals surface area contributed by atoms with Gasteiger partial charge >= 0.3 is 6.18 Å². The van der Waals surface area contributed by atoms with Gasteiger partial charge in [0.25, 0.3) is 0 Å². The van der Waals surface area contributed by atoms with Crippen LogP contribution >= 0.6 is 11.6 Å². The number of dihydropyridines is 1. The zero-order valence-electron chi connectivity index (χ0n) is 7.14. The van der Waals surface area contributed by atoms with Crippen LogP contribution in [0.15, 0.2) is 16.6 Å². The summed E-state index contributed by atoms with van der Waals surface area (Å²) in [5.41, 5.74) is -1.89. The quantitative estimate of drug-likeness (QED) is 0.459. The highest BCUT2D eigenvalue weighted by Crippen LogP contribution is 2.36. The van der Waals surface area contributed by atoms with Crippen LogP contribution in [-0.2, 0) is 0 Å². The second-order valence-electron chi connectivity index (χ2n) is 2.85. The number of nitrogens with zero attached hydrogens (tertiary/aromatic N) is 2. The summed E-state index contributed by atoms with van der Waals surface area (Å²) in [6.45, 7) is 1.41. The monoisotopic (exact) mass is 222 g/mol. The summed E-state index contributed by atoms with van der Waals surface area (Å²) in [6.07, 6.45) is -3.67. The molecule has 2 atom stereocenters. The number of allylic oxidation sites excluding steroid dienone is 1. The molecule has 2 nitrogen and oxygen atoms in total. The van der Waals surface area contributed by atoms with Crippen LogP contribution in [0, 0.1) is 17.2 Å². The minimum Gasteiger partial charge on any atom is -0.269 e. The molecular weight excluding hydrogens is 217 g/mol. The van der Waals surface area contributed by atoms with Crippen LogP contribution in [0.5, 0.6) is 0 Å². The molecule has 14 heavy (non-hydrogen) atoms. The number of hydrogen-bond donors (Lipinski definition) is 0. The lowest BCUT2D eigenvalue weighted by atomic mass is 9.96. The summed E-state index contributed by atoms with van der Waals surface area (Å²) < 4.78 is 37.2. The molecule has 6 heteroatoms. The van der Waals surface area contributed by atoms with Crippen molar-refractivity contribution in [3.8, 4) is 6.07 Å². The van der Waals surface area contributed by atoms with E-state index in [0.717, 1.165) is 6.08 Å². The lowest BCUT2D eigenvalue weighted by Crippen LogP contribution is -2.28. The molecule has 2 unspecified atom stereocenters. The van der Waals surface area contributed by atoms with Crippen molar-refractivity contribution in [2.24, 2.45) is 10.9 Å². The van der Waals surface area contributed by atoms with Gasteiger partial charge in [-0.15, -0.1) is 0 Å². The van der Waals surface area contributed by atoms with Crippen LogP contribution in [0.4, 0.5) is 13.2 Å². The van der Waals surface area contributed by atoms with E-state index in [1.807, 2.05) is 0 Å². The van der Waals surface area contributed by atoms with E-state index in [0.29, 0.717) is 0 Å². The molecular formula is C8H6ClF3N2. The molecule has 0 fully saturated rings. The van der Waals surface area contributed by atoms with E-state index in [4.69, 9.17) is 16.9 Å². The van der Waals surface area contributed by atoms with E-state index in [-0.39, 0.29) is 5.71 Å². The molecule has 1 aliphatic rings. The molecule has 0 aliphatic carbocycles. The van der Waals surface area contributed by atoms with Gasteiger partial charge in [-0.1, -0.05) is 11.6 Å². The molecule has 0 spiro atoms. The highest BCUT2D eigenvalue weighted by atomic mass is 35.5. The van der Waals surface area contributed by atoms with Gasteiger partial charge in [-0.05, 0) is 13.0 Å². The van der Waals surface area contributed by atoms with Crippen molar-refractivity contribution in [3.05, 3.63) is 11.6 Å². The van der Waals surface area contributed by atoms with Gasteiger partial charge in [0.2, 0.25) is 0 Å². The Hall–Kier alpha value is -1.02. The highest BCUT2D eigenvalue weighted by Gasteiger charge is 2.43. The maximum atomic E-state index is 12.4. The van der Waals surface area contributed by atoms with Crippen molar-refractivity contribution < 1.29 is 13.2 Å². The molecule has 0 aromatic rings. The van der Waals surface area contributed by atoms with E-state index >= 15 is 0 Å². The predicted molar refractivity (Wildman–Crippen MR) is 46.0 cm³/mol. The lowest BCUT2D eigenvalue weighted by molar-refractivity contribution is -0.0971. The number of halogens is 4. The van der Waals surface area contributed by atoms with Crippen molar-refractivity contribution in [3.63, 3.8) is 0 Å². The Bertz CT molecular complexity index is 337. The first-order valence-electron chi connectivity index (χ1n) is 3.73. The van der Waals surface area contributed by atoms with E-state index < -0.39 is 23.2 Å². The zero-order chi connectivity index (χ0) is 10.9. The van der Waals surface area contributed by atoms with Gasteiger partial charge in [-0.3, -0.25) is 4.99 Å². The SMILES string of the molecule is CC1=NC(Cl)C(C#N)C(C(F)(F)F)=C1. The van der Waals surface area contributed by atoms with Gasteiger partial charge in [-0.2, -0.15) is 18.4 Å². The van der Waals surface area contributed by atoms with Crippen LogP contribution in [0.2, 0.25) is 0 Å². The van der Waals surface area contributed by atoms with Gasteiger partial charge in [0.15, 0.2) is 0 Å². The molecule has 0 radical (unpaired) electrons. The fraction of sp³-hybridized carbons (Fsp3) is 0.500. The van der Waals surface area contributed by atoms with Crippen molar-refractivity contribution in [2.45, 2.75) is 18.6 Å². The molecule has 76 valence electrons. The zero-order valence-corrected chi connectivity index (χ0v) is 7.89. The average Bonchev–Trinajstić information content (AvgIpc) is 2.01. The summed E-state index contributed by atoms with van der Waals surface area (Å²) >= 11 is 5.53. The van der Waals surface area contributed by atoms with Crippen molar-refractivity contribution in [1.29, 1.82) is 5.26 Å². The third-order valence-electron chi connectivity index (χ3n) is 1.77. The normalized spacial score (nSPS) is 27.7. The molecule has 0 aromatic carbocycles. The Morgan fingerprint density at radius 1 is 1.57 bits per heavy atom. The van der Waals surface area contributed by atoms with Crippen LogP contribution in [0.1, 0.15) is 6.92 Å². The maximum absolute atomic E-state index is 12.4. The van der Waals surface area contributed by atoms with Crippen LogP contribution in [0.25, 0.3) is 0 Å². The minimum atomic E-state index is -4.52. The third kappa shape index (κ3) is 2.07. The summed E-state index contributed by atoms with van der Waals surface area (Å²) in [7, 11) is 0. The molecule has 0 amide bonds. The van der Waals surface area contributed by atoms with E-state index in [1.165, 1.54) is 13.0 Å². The second-order valence-corrected chi connectivity index (χ2v) is 3.29. The highest BCUT2D eigenvalue weighted by molar-refractivity contribution is 6.22. The van der Waals surface area contributed by atoms with Gasteiger partial charge in [-0.25, -0.2) is 0 Å². The van der Waals surface area contributed by atoms with Gasteiger partial charge in [0.05, 0.1) is 11.6 Å². The molecule has 1 rings (SSSR count). The second kappa shape index (κ2) is 3.62. The maximum Gasteiger partial charge on any atom is 0.414 e. The van der Waals surface area contributed by atoms with Crippen molar-refractivity contribution >= 4 is 17.3 Å². The summed E-state index contributed by atoms with van der Waals surface area (Å²) in [4.78, 5) is 3.68. The number of rotatable bonds is 0. The lowest BCUT2D eigenvalue weighted by Gasteiger charge is -2.22. The van der Waals surface area contributed by atoms with Gasteiger partial charge in [0, 0.05) is 5.71 Å². The first kappa shape index (κ1) is 11.1. The Balaban J connectivity index is 3.13. The van der Waals surface area contributed by atoms with Crippen LogP contribution < -0.4 is 0 Å². The molecule has 0 bridgehead atoms. The first-order valence-corrected chi connectivity index (χ1v) is 4.17. The largest absolute Gasteiger partial charge is 0.414 e. The van der Waals surface area contributed by atoms with Crippen molar-refractivity contribution in [1.82, 2.24) is 0 Å².